The van der Waals surface area contributed by atoms with Gasteiger partial charge in [0.1, 0.15) is 0 Å². The van der Waals surface area contributed by atoms with Crippen molar-refractivity contribution in [3.05, 3.63) is 103 Å². The van der Waals surface area contributed by atoms with Crippen molar-refractivity contribution in [2.75, 3.05) is 5.32 Å². The molecule has 5 rings (SSSR count). The van der Waals surface area contributed by atoms with Crippen LogP contribution in [0.4, 0.5) is 11.4 Å². The highest BCUT2D eigenvalue weighted by molar-refractivity contribution is 6.08. The second-order valence-electron chi connectivity index (χ2n) is 6.70. The molecule has 3 heteroatoms. The highest BCUT2D eigenvalue weighted by Crippen LogP contribution is 2.32. The number of aromatic nitrogens is 2. The first-order chi connectivity index (χ1) is 13.4. The number of hydrogen-bond acceptors (Lipinski definition) is 2. The molecular formula is C24H19N3. The number of nitrogens with zero attached hydrogens (tertiary/aromatic N) is 2. The number of fused-ring (bicyclic) bond motifs is 2. The molecular weight excluding hydrogens is 330 g/mol. The van der Waals surface area contributed by atoms with Crippen LogP contribution in [-0.2, 0) is 6.54 Å². The van der Waals surface area contributed by atoms with E-state index in [0.717, 1.165) is 39.7 Å². The van der Waals surface area contributed by atoms with Crippen molar-refractivity contribution in [3.63, 3.8) is 0 Å². The number of para-hydroxylation sites is 2. The van der Waals surface area contributed by atoms with Gasteiger partial charge in [-0.25, -0.2) is 4.98 Å². The maximum Gasteiger partial charge on any atom is 0.0730 e. The Labute approximate surface area is 157 Å². The van der Waals surface area contributed by atoms with Crippen molar-refractivity contribution < 1.29 is 0 Å². The van der Waals surface area contributed by atoms with Crippen molar-refractivity contribution in [1.82, 2.24) is 9.55 Å². The van der Waals surface area contributed by atoms with Crippen LogP contribution >= 0.6 is 0 Å². The van der Waals surface area contributed by atoms with E-state index in [0.29, 0.717) is 0 Å². The minimum absolute atomic E-state index is 0.883. The van der Waals surface area contributed by atoms with E-state index in [2.05, 4.69) is 95.1 Å². The summed E-state index contributed by atoms with van der Waals surface area (Å²) in [5, 5.41) is 5.89. The van der Waals surface area contributed by atoms with Gasteiger partial charge in [0.15, 0.2) is 0 Å². The van der Waals surface area contributed by atoms with Crippen LogP contribution in [0.5, 0.6) is 0 Å². The summed E-state index contributed by atoms with van der Waals surface area (Å²) in [5.74, 6) is 0. The number of pyridine rings is 1. The highest BCUT2D eigenvalue weighted by atomic mass is 14.9. The SMILES string of the molecule is c1ccc2c(Nc3ccc(Cn4cccc4)cc3)c3ccccc3nc2c1. The van der Waals surface area contributed by atoms with Crippen LogP contribution in [0.3, 0.4) is 0 Å². The Kier molecular flexibility index (Phi) is 3.83. The molecule has 0 atom stereocenters. The number of rotatable bonds is 4. The monoisotopic (exact) mass is 349 g/mol. The lowest BCUT2D eigenvalue weighted by molar-refractivity contribution is 0.806. The van der Waals surface area contributed by atoms with Crippen LogP contribution in [0, 0.1) is 0 Å². The summed E-state index contributed by atoms with van der Waals surface area (Å²) in [6, 6.07) is 29.3. The van der Waals surface area contributed by atoms with E-state index in [1.165, 1.54) is 5.56 Å². The Hall–Kier alpha value is -3.59. The molecule has 0 bridgehead atoms. The van der Waals surface area contributed by atoms with E-state index in [9.17, 15) is 0 Å². The summed E-state index contributed by atoms with van der Waals surface area (Å²) in [6.45, 7) is 0.883. The van der Waals surface area contributed by atoms with Gasteiger partial charge < -0.3 is 9.88 Å². The van der Waals surface area contributed by atoms with Crippen LogP contribution in [0.1, 0.15) is 5.56 Å². The zero-order chi connectivity index (χ0) is 18.1. The summed E-state index contributed by atoms with van der Waals surface area (Å²) >= 11 is 0. The predicted molar refractivity (Wildman–Crippen MR) is 113 cm³/mol. The number of anilines is 2. The van der Waals surface area contributed by atoms with Gasteiger partial charge in [0.05, 0.1) is 16.7 Å². The number of hydrogen-bond donors (Lipinski definition) is 1. The maximum atomic E-state index is 4.79. The van der Waals surface area contributed by atoms with Crippen LogP contribution < -0.4 is 5.32 Å². The van der Waals surface area contributed by atoms with Gasteiger partial charge in [-0.3, -0.25) is 0 Å². The van der Waals surface area contributed by atoms with E-state index < -0.39 is 0 Å². The van der Waals surface area contributed by atoms with E-state index >= 15 is 0 Å². The zero-order valence-electron chi connectivity index (χ0n) is 14.8. The summed E-state index contributed by atoms with van der Waals surface area (Å²) in [6.07, 6.45) is 4.17. The molecule has 2 heterocycles. The minimum atomic E-state index is 0.883. The molecule has 0 spiro atoms. The van der Waals surface area contributed by atoms with Gasteiger partial charge in [-0.1, -0.05) is 48.5 Å². The molecule has 2 aromatic heterocycles. The number of benzene rings is 3. The van der Waals surface area contributed by atoms with Gasteiger partial charge in [0, 0.05) is 35.4 Å². The molecule has 0 aliphatic rings. The first-order valence-electron chi connectivity index (χ1n) is 9.11. The molecule has 130 valence electrons. The third-order valence-electron chi connectivity index (χ3n) is 4.84. The van der Waals surface area contributed by atoms with Crippen LogP contribution in [-0.4, -0.2) is 9.55 Å². The smallest absolute Gasteiger partial charge is 0.0730 e. The van der Waals surface area contributed by atoms with E-state index in [4.69, 9.17) is 4.98 Å². The molecule has 0 saturated carbocycles. The second-order valence-corrected chi connectivity index (χ2v) is 6.70. The molecule has 3 nitrogen and oxygen atoms in total. The largest absolute Gasteiger partial charge is 0.354 e. The lowest BCUT2D eigenvalue weighted by Gasteiger charge is -2.14. The van der Waals surface area contributed by atoms with E-state index in [1.54, 1.807) is 0 Å². The standard InChI is InChI=1S/C24H19N3/c1-3-9-22-20(7-1)24(21-8-2-4-10-23(21)26-22)25-19-13-11-18(12-14-19)17-27-15-5-6-16-27/h1-16H,17H2,(H,25,26). The third-order valence-corrected chi connectivity index (χ3v) is 4.84. The summed E-state index contributed by atoms with van der Waals surface area (Å²) in [5.41, 5.74) is 5.47. The molecule has 0 fully saturated rings. The van der Waals surface area contributed by atoms with Crippen LogP contribution in [0.15, 0.2) is 97.3 Å². The molecule has 27 heavy (non-hydrogen) atoms. The average molecular weight is 349 g/mol. The van der Waals surface area contributed by atoms with Crippen molar-refractivity contribution in [2.24, 2.45) is 0 Å². The van der Waals surface area contributed by atoms with E-state index in [1.807, 2.05) is 12.1 Å². The fraction of sp³-hybridized carbons (Fsp3) is 0.0417. The minimum Gasteiger partial charge on any atom is -0.354 e. The van der Waals surface area contributed by atoms with E-state index in [-0.39, 0.29) is 0 Å². The Morgan fingerprint density at radius 2 is 1.26 bits per heavy atom. The summed E-state index contributed by atoms with van der Waals surface area (Å²) in [4.78, 5) is 4.79. The summed E-state index contributed by atoms with van der Waals surface area (Å²) in [7, 11) is 0. The van der Waals surface area contributed by atoms with Gasteiger partial charge in [0.2, 0.25) is 0 Å². The predicted octanol–water partition coefficient (Wildman–Crippen LogP) is 5.98. The molecule has 5 aromatic rings. The lowest BCUT2D eigenvalue weighted by Crippen LogP contribution is -1.98. The van der Waals surface area contributed by atoms with Crippen LogP contribution in [0.2, 0.25) is 0 Å². The molecule has 0 amide bonds. The summed E-state index contributed by atoms with van der Waals surface area (Å²) < 4.78 is 2.17. The quantitative estimate of drug-likeness (QED) is 0.404. The molecule has 3 aromatic carbocycles. The Morgan fingerprint density at radius 3 is 1.89 bits per heavy atom. The van der Waals surface area contributed by atoms with Gasteiger partial charge in [-0.2, -0.15) is 0 Å². The fourth-order valence-corrected chi connectivity index (χ4v) is 3.50. The topological polar surface area (TPSA) is 29.9 Å². The second kappa shape index (κ2) is 6.61. The normalized spacial score (nSPS) is 11.1. The average Bonchev–Trinajstić information content (AvgIpc) is 3.22. The molecule has 0 radical (unpaired) electrons. The van der Waals surface area contributed by atoms with Gasteiger partial charge in [-0.05, 0) is 42.0 Å². The zero-order valence-corrected chi connectivity index (χ0v) is 14.8. The first kappa shape index (κ1) is 15.6. The van der Waals surface area contributed by atoms with Crippen molar-refractivity contribution in [1.29, 1.82) is 0 Å². The maximum absolute atomic E-state index is 4.79. The fourth-order valence-electron chi connectivity index (χ4n) is 3.50. The number of nitrogens with one attached hydrogen (secondary N) is 1. The Bertz CT molecular complexity index is 1150. The van der Waals surface area contributed by atoms with Crippen molar-refractivity contribution >= 4 is 33.2 Å². The third kappa shape index (κ3) is 3.04. The highest BCUT2D eigenvalue weighted by Gasteiger charge is 2.09. The first-order valence-corrected chi connectivity index (χ1v) is 9.11. The molecule has 0 unspecified atom stereocenters. The Morgan fingerprint density at radius 1 is 0.667 bits per heavy atom. The van der Waals surface area contributed by atoms with Crippen molar-refractivity contribution in [2.45, 2.75) is 6.54 Å². The Balaban J connectivity index is 1.53. The lowest BCUT2D eigenvalue weighted by atomic mass is 10.1. The molecule has 0 aliphatic carbocycles. The van der Waals surface area contributed by atoms with Crippen LogP contribution in [0.25, 0.3) is 21.8 Å². The molecule has 0 aliphatic heterocycles. The molecule has 0 saturated heterocycles. The molecule has 1 N–H and O–H groups in total. The van der Waals surface area contributed by atoms with Gasteiger partial charge in [-0.15, -0.1) is 0 Å². The van der Waals surface area contributed by atoms with Gasteiger partial charge in [0.25, 0.3) is 0 Å². The van der Waals surface area contributed by atoms with Gasteiger partial charge >= 0.3 is 0 Å². The van der Waals surface area contributed by atoms with Crippen molar-refractivity contribution in [3.8, 4) is 0 Å².